The number of thiazole rings is 1. The lowest BCUT2D eigenvalue weighted by atomic mass is 10.1. The highest BCUT2D eigenvalue weighted by Gasteiger charge is 2.31. The van der Waals surface area contributed by atoms with Crippen LogP contribution in [0, 0.1) is 5.82 Å². The molecule has 142 valence electrons. The summed E-state index contributed by atoms with van der Waals surface area (Å²) in [6.45, 7) is 0. The molecule has 3 aromatic rings. The number of aromatic carboxylic acids is 1. The first kappa shape index (κ1) is 18.8. The number of hydrogen-bond donors (Lipinski definition) is 1. The highest BCUT2D eigenvalue weighted by atomic mass is 79.9. The van der Waals surface area contributed by atoms with Crippen molar-refractivity contribution in [3.63, 3.8) is 0 Å². The molecule has 1 heterocycles. The maximum Gasteiger partial charge on any atom is 0.336 e. The summed E-state index contributed by atoms with van der Waals surface area (Å²) in [7, 11) is 0. The summed E-state index contributed by atoms with van der Waals surface area (Å²) in [6.07, 6.45) is 3.46. The van der Waals surface area contributed by atoms with Gasteiger partial charge < -0.3 is 5.11 Å². The molecule has 1 N–H and O–H groups in total. The zero-order valence-corrected chi connectivity index (χ0v) is 17.0. The Morgan fingerprint density at radius 3 is 2.86 bits per heavy atom. The minimum absolute atomic E-state index is 0.117. The number of halogens is 2. The normalized spacial score (nSPS) is 13.8. The highest BCUT2D eigenvalue weighted by molar-refractivity contribution is 9.10. The van der Waals surface area contributed by atoms with E-state index in [-0.39, 0.29) is 11.6 Å². The van der Waals surface area contributed by atoms with Crippen LogP contribution in [-0.4, -0.2) is 28.3 Å². The van der Waals surface area contributed by atoms with Gasteiger partial charge in [0.2, 0.25) is 5.13 Å². The van der Waals surface area contributed by atoms with Gasteiger partial charge in [-0.1, -0.05) is 28.1 Å². The Kier molecular flexibility index (Phi) is 5.23. The molecule has 1 aliphatic rings. The summed E-state index contributed by atoms with van der Waals surface area (Å²) < 4.78 is 14.4. The van der Waals surface area contributed by atoms with Gasteiger partial charge in [-0.05, 0) is 43.2 Å². The van der Waals surface area contributed by atoms with Crippen LogP contribution >= 0.6 is 27.3 Å². The SMILES string of the molecule is O=C(O)c1cc(F)ccc1C=NN(c1nc(-c2cccc(Br)c2)cs1)C1CC1. The van der Waals surface area contributed by atoms with Crippen molar-refractivity contribution >= 4 is 44.6 Å². The number of hydrogen-bond acceptors (Lipinski definition) is 5. The van der Waals surface area contributed by atoms with Gasteiger partial charge >= 0.3 is 5.97 Å². The number of nitrogens with zero attached hydrogens (tertiary/aromatic N) is 3. The van der Waals surface area contributed by atoms with E-state index in [9.17, 15) is 14.3 Å². The lowest BCUT2D eigenvalue weighted by Crippen LogP contribution is -2.19. The van der Waals surface area contributed by atoms with E-state index in [2.05, 4.69) is 21.0 Å². The first-order valence-corrected chi connectivity index (χ1v) is 10.3. The van der Waals surface area contributed by atoms with Gasteiger partial charge in [-0.2, -0.15) is 5.10 Å². The van der Waals surface area contributed by atoms with E-state index in [1.807, 2.05) is 34.7 Å². The van der Waals surface area contributed by atoms with Crippen molar-refractivity contribution in [3.05, 3.63) is 69.3 Å². The molecule has 1 fully saturated rings. The number of anilines is 1. The molecule has 0 spiro atoms. The van der Waals surface area contributed by atoms with Crippen LogP contribution in [0.25, 0.3) is 11.3 Å². The fourth-order valence-corrected chi connectivity index (χ4v) is 3.98. The smallest absolute Gasteiger partial charge is 0.336 e. The molecule has 0 atom stereocenters. The first-order valence-electron chi connectivity index (χ1n) is 8.59. The lowest BCUT2D eigenvalue weighted by molar-refractivity contribution is 0.0696. The number of carbonyl (C=O) groups is 1. The standard InChI is InChI=1S/C20H15BrFN3O2S/c21-14-3-1-2-12(8-14)18-11-28-20(24-18)25(16-6-7-16)23-10-13-4-5-15(22)9-17(13)19(26)27/h1-5,8-11,16H,6-7H2,(H,26,27). The summed E-state index contributed by atoms with van der Waals surface area (Å²) >= 11 is 4.95. The van der Waals surface area contributed by atoms with Gasteiger partial charge in [-0.25, -0.2) is 19.2 Å². The monoisotopic (exact) mass is 459 g/mol. The van der Waals surface area contributed by atoms with Gasteiger partial charge in [0.25, 0.3) is 0 Å². The quantitative estimate of drug-likeness (QED) is 0.395. The number of aromatic nitrogens is 1. The van der Waals surface area contributed by atoms with Crippen molar-refractivity contribution in [2.45, 2.75) is 18.9 Å². The first-order chi connectivity index (χ1) is 13.5. The molecular formula is C20H15BrFN3O2S. The van der Waals surface area contributed by atoms with Crippen LogP contribution < -0.4 is 5.01 Å². The van der Waals surface area contributed by atoms with Crippen molar-refractivity contribution in [1.82, 2.24) is 4.98 Å². The average Bonchev–Trinajstić information content (AvgIpc) is 3.39. The third kappa shape index (κ3) is 4.13. The van der Waals surface area contributed by atoms with E-state index in [0.717, 1.165) is 39.8 Å². The van der Waals surface area contributed by atoms with Crippen molar-refractivity contribution in [2.75, 3.05) is 5.01 Å². The second kappa shape index (κ2) is 7.81. The average molecular weight is 460 g/mol. The summed E-state index contributed by atoms with van der Waals surface area (Å²) in [6, 6.07) is 11.8. The Balaban J connectivity index is 1.63. The molecule has 1 aromatic heterocycles. The van der Waals surface area contributed by atoms with Gasteiger partial charge in [-0.3, -0.25) is 0 Å². The molecule has 0 amide bonds. The van der Waals surface area contributed by atoms with Crippen molar-refractivity contribution in [3.8, 4) is 11.3 Å². The number of rotatable bonds is 6. The van der Waals surface area contributed by atoms with Gasteiger partial charge in [0, 0.05) is 21.0 Å². The predicted octanol–water partition coefficient (Wildman–Crippen LogP) is 5.41. The summed E-state index contributed by atoms with van der Waals surface area (Å²) in [5.74, 6) is -1.78. The second-order valence-electron chi connectivity index (χ2n) is 6.38. The van der Waals surface area contributed by atoms with Crippen molar-refractivity contribution < 1.29 is 14.3 Å². The third-order valence-electron chi connectivity index (χ3n) is 4.27. The van der Waals surface area contributed by atoms with Crippen LogP contribution in [0.2, 0.25) is 0 Å². The zero-order chi connectivity index (χ0) is 19.7. The summed E-state index contributed by atoms with van der Waals surface area (Å²) in [5.41, 5.74) is 2.09. The van der Waals surface area contributed by atoms with Crippen molar-refractivity contribution in [1.29, 1.82) is 0 Å². The highest BCUT2D eigenvalue weighted by Crippen LogP contribution is 2.36. The van der Waals surface area contributed by atoms with Crippen molar-refractivity contribution in [2.24, 2.45) is 5.10 Å². The van der Waals surface area contributed by atoms with Crippen LogP contribution in [0.3, 0.4) is 0 Å². The molecule has 28 heavy (non-hydrogen) atoms. The van der Waals surface area contributed by atoms with Gasteiger partial charge in [0.15, 0.2) is 0 Å². The number of carboxylic acid groups (broad SMARTS) is 1. The molecule has 2 aromatic carbocycles. The Labute approximate surface area is 173 Å². The predicted molar refractivity (Wildman–Crippen MR) is 112 cm³/mol. The van der Waals surface area contributed by atoms with Crippen LogP contribution in [-0.2, 0) is 0 Å². The number of hydrazone groups is 1. The summed E-state index contributed by atoms with van der Waals surface area (Å²) in [4.78, 5) is 16.1. The van der Waals surface area contributed by atoms with Crippen LogP contribution in [0.15, 0.2) is 57.4 Å². The van der Waals surface area contributed by atoms with E-state index in [1.54, 1.807) is 0 Å². The Bertz CT molecular complexity index is 1070. The Morgan fingerprint density at radius 2 is 2.14 bits per heavy atom. The maximum absolute atomic E-state index is 13.4. The summed E-state index contributed by atoms with van der Waals surface area (Å²) in [5, 5.41) is 18.3. The fourth-order valence-electron chi connectivity index (χ4n) is 2.72. The molecule has 0 aliphatic heterocycles. The third-order valence-corrected chi connectivity index (χ3v) is 5.59. The Morgan fingerprint density at radius 1 is 1.32 bits per heavy atom. The van der Waals surface area contributed by atoms with Crippen LogP contribution in [0.4, 0.5) is 9.52 Å². The second-order valence-corrected chi connectivity index (χ2v) is 8.13. The number of carboxylic acids is 1. The van der Waals surface area contributed by atoms with Gasteiger partial charge in [0.1, 0.15) is 5.82 Å². The maximum atomic E-state index is 13.4. The minimum Gasteiger partial charge on any atom is -0.478 e. The molecule has 0 unspecified atom stereocenters. The molecule has 0 saturated heterocycles. The molecule has 5 nitrogen and oxygen atoms in total. The van der Waals surface area contributed by atoms with Gasteiger partial charge in [0.05, 0.1) is 23.5 Å². The van der Waals surface area contributed by atoms with Crippen LogP contribution in [0.5, 0.6) is 0 Å². The molecule has 4 rings (SSSR count). The lowest BCUT2D eigenvalue weighted by Gasteiger charge is -2.14. The molecule has 8 heteroatoms. The largest absolute Gasteiger partial charge is 0.478 e. The van der Waals surface area contributed by atoms with E-state index >= 15 is 0 Å². The van der Waals surface area contributed by atoms with Crippen LogP contribution in [0.1, 0.15) is 28.8 Å². The van der Waals surface area contributed by atoms with E-state index < -0.39 is 11.8 Å². The zero-order valence-electron chi connectivity index (χ0n) is 14.5. The Hall–Kier alpha value is -2.58. The molecule has 1 aliphatic carbocycles. The van der Waals surface area contributed by atoms with E-state index in [1.165, 1.54) is 29.7 Å². The fraction of sp³-hybridized carbons (Fsp3) is 0.150. The molecule has 0 radical (unpaired) electrons. The van der Waals surface area contributed by atoms with E-state index in [0.29, 0.717) is 5.56 Å². The molecular weight excluding hydrogens is 445 g/mol. The number of benzene rings is 2. The molecule has 0 bridgehead atoms. The topological polar surface area (TPSA) is 65.8 Å². The van der Waals surface area contributed by atoms with Gasteiger partial charge in [-0.15, -0.1) is 11.3 Å². The minimum atomic E-state index is -1.19. The van der Waals surface area contributed by atoms with E-state index in [4.69, 9.17) is 4.98 Å². The molecule has 1 saturated carbocycles.